The molecule has 1 aromatic carbocycles. The van der Waals surface area contributed by atoms with Crippen molar-refractivity contribution in [1.29, 1.82) is 0 Å². The molecule has 10 nitrogen and oxygen atoms in total. The predicted molar refractivity (Wildman–Crippen MR) is 113 cm³/mol. The van der Waals surface area contributed by atoms with Gasteiger partial charge in [0.2, 0.25) is 0 Å². The number of ether oxygens (including phenoxy) is 3. The van der Waals surface area contributed by atoms with Crippen molar-refractivity contribution in [2.75, 3.05) is 20.8 Å². The third-order valence-corrected chi connectivity index (χ3v) is 5.16. The van der Waals surface area contributed by atoms with Gasteiger partial charge in [-0.1, -0.05) is 18.2 Å². The number of amides is 1. The van der Waals surface area contributed by atoms with Crippen molar-refractivity contribution in [3.8, 4) is 11.5 Å². The van der Waals surface area contributed by atoms with Crippen molar-refractivity contribution >= 4 is 17.8 Å². The molecule has 1 amide bonds. The van der Waals surface area contributed by atoms with Crippen LogP contribution in [0.1, 0.15) is 35.4 Å². The van der Waals surface area contributed by atoms with Gasteiger partial charge >= 0.3 is 11.9 Å². The topological polar surface area (TPSA) is 130 Å². The molecule has 0 bridgehead atoms. The van der Waals surface area contributed by atoms with Gasteiger partial charge in [-0.2, -0.15) is 0 Å². The molecule has 3 rings (SSSR count). The maximum atomic E-state index is 12.8. The summed E-state index contributed by atoms with van der Waals surface area (Å²) in [6, 6.07) is 7.23. The lowest BCUT2D eigenvalue weighted by Gasteiger charge is -2.23. The number of hydrogen-bond acceptors (Lipinski definition) is 8. The van der Waals surface area contributed by atoms with Crippen molar-refractivity contribution in [1.82, 2.24) is 5.32 Å². The summed E-state index contributed by atoms with van der Waals surface area (Å²) in [6.45, 7) is 1.97. The first kappa shape index (κ1) is 22.9. The monoisotopic (exact) mass is 444 g/mol. The van der Waals surface area contributed by atoms with E-state index in [4.69, 9.17) is 18.6 Å². The Morgan fingerprint density at radius 1 is 1.19 bits per heavy atom. The lowest BCUT2D eigenvalue weighted by Crippen LogP contribution is -2.33. The van der Waals surface area contributed by atoms with Gasteiger partial charge in [0.05, 0.1) is 32.8 Å². The number of nitro groups is 1. The lowest BCUT2D eigenvalue weighted by atomic mass is 9.85. The summed E-state index contributed by atoms with van der Waals surface area (Å²) < 4.78 is 20.9. The van der Waals surface area contributed by atoms with E-state index in [1.165, 1.54) is 20.3 Å². The molecule has 0 saturated heterocycles. The van der Waals surface area contributed by atoms with Crippen LogP contribution in [0, 0.1) is 16.0 Å². The first-order valence-electron chi connectivity index (χ1n) is 9.99. The van der Waals surface area contributed by atoms with Crippen LogP contribution in [0.25, 0.3) is 0 Å². The van der Waals surface area contributed by atoms with E-state index < -0.39 is 22.6 Å². The van der Waals surface area contributed by atoms with Crippen LogP contribution >= 0.6 is 0 Å². The molecule has 0 fully saturated rings. The zero-order valence-electron chi connectivity index (χ0n) is 17.9. The Kier molecular flexibility index (Phi) is 7.14. The molecule has 0 spiro atoms. The number of carbonyl (C=O) groups is 2. The number of rotatable bonds is 9. The Morgan fingerprint density at radius 3 is 2.56 bits per heavy atom. The third kappa shape index (κ3) is 4.90. The number of nitrogens with zero attached hydrogens (tertiary/aromatic N) is 1. The van der Waals surface area contributed by atoms with E-state index >= 15 is 0 Å². The van der Waals surface area contributed by atoms with Crippen molar-refractivity contribution in [3.63, 3.8) is 0 Å². The zero-order chi connectivity index (χ0) is 23.3. The van der Waals surface area contributed by atoms with Crippen molar-refractivity contribution in [2.24, 2.45) is 5.92 Å². The fourth-order valence-electron chi connectivity index (χ4n) is 3.71. The molecule has 0 unspecified atom stereocenters. The quantitative estimate of drug-likeness (QED) is 0.270. The second kappa shape index (κ2) is 9.99. The van der Waals surface area contributed by atoms with Gasteiger partial charge in [0, 0.05) is 6.04 Å². The Hall–Kier alpha value is -3.82. The largest absolute Gasteiger partial charge is 0.493 e. The Bertz CT molecular complexity index is 1030. The van der Waals surface area contributed by atoms with Gasteiger partial charge in [0.1, 0.15) is 4.92 Å². The number of nitrogens with one attached hydrogen (secondary N) is 1. The minimum Gasteiger partial charge on any atom is -0.493 e. The maximum absolute atomic E-state index is 12.8. The molecule has 0 aliphatic heterocycles. The smallest absolute Gasteiger partial charge is 0.433 e. The molecule has 32 heavy (non-hydrogen) atoms. The van der Waals surface area contributed by atoms with Crippen LogP contribution in [0.3, 0.4) is 0 Å². The summed E-state index contributed by atoms with van der Waals surface area (Å²) in [6.07, 6.45) is 4.08. The molecular formula is C22H24N2O8. The maximum Gasteiger partial charge on any atom is 0.433 e. The van der Waals surface area contributed by atoms with Gasteiger partial charge in [0.25, 0.3) is 5.91 Å². The van der Waals surface area contributed by atoms with Gasteiger partial charge in [-0.15, -0.1) is 0 Å². The van der Waals surface area contributed by atoms with Crippen LogP contribution in [0.2, 0.25) is 0 Å². The Labute approximate surface area is 184 Å². The number of carbonyl (C=O) groups excluding carboxylic acids is 2. The number of methoxy groups -OCH3 is 2. The van der Waals surface area contributed by atoms with Gasteiger partial charge < -0.3 is 23.9 Å². The van der Waals surface area contributed by atoms with Gasteiger partial charge in [0.15, 0.2) is 17.3 Å². The number of esters is 1. The van der Waals surface area contributed by atoms with E-state index in [0.717, 1.165) is 6.07 Å². The highest BCUT2D eigenvalue weighted by Gasteiger charge is 2.35. The summed E-state index contributed by atoms with van der Waals surface area (Å²) in [7, 11) is 3.04. The number of benzene rings is 1. The summed E-state index contributed by atoms with van der Waals surface area (Å²) in [5.41, 5.74) is 0.699. The summed E-state index contributed by atoms with van der Waals surface area (Å²) >= 11 is 0. The average Bonchev–Trinajstić information content (AvgIpc) is 3.44. The van der Waals surface area contributed by atoms with Crippen LogP contribution in [-0.4, -0.2) is 43.7 Å². The number of furan rings is 1. The number of hydrogen-bond donors (Lipinski definition) is 1. The minimum atomic E-state index is -0.713. The molecule has 2 aromatic rings. The summed E-state index contributed by atoms with van der Waals surface area (Å²) in [4.78, 5) is 35.2. The van der Waals surface area contributed by atoms with Crippen LogP contribution in [0.5, 0.6) is 11.5 Å². The van der Waals surface area contributed by atoms with E-state index in [1.54, 1.807) is 31.2 Å². The zero-order valence-corrected chi connectivity index (χ0v) is 17.9. The SMILES string of the molecule is CCOC(=O)[C@H](c1ccc(OC)c(OC)c1)[C@@H]1C=C[C@H](NC(=O)c2ccc([N+](=O)[O-])o2)C1. The summed E-state index contributed by atoms with van der Waals surface area (Å²) in [5, 5.41) is 13.5. The summed E-state index contributed by atoms with van der Waals surface area (Å²) in [5.74, 6) is -1.46. The lowest BCUT2D eigenvalue weighted by molar-refractivity contribution is -0.402. The van der Waals surface area contributed by atoms with Gasteiger partial charge in [-0.25, -0.2) is 0 Å². The fraction of sp³-hybridized carbons (Fsp3) is 0.364. The average molecular weight is 444 g/mol. The van der Waals surface area contributed by atoms with Crippen molar-refractivity contribution < 1.29 is 33.1 Å². The second-order valence-electron chi connectivity index (χ2n) is 7.10. The molecule has 1 aliphatic carbocycles. The molecule has 0 radical (unpaired) electrons. The molecule has 1 aromatic heterocycles. The Balaban J connectivity index is 1.76. The van der Waals surface area contributed by atoms with Crippen molar-refractivity contribution in [2.45, 2.75) is 25.3 Å². The highest BCUT2D eigenvalue weighted by atomic mass is 16.6. The molecule has 170 valence electrons. The van der Waals surface area contributed by atoms with Crippen LogP contribution in [0.4, 0.5) is 5.88 Å². The normalized spacial score (nSPS) is 18.1. The first-order valence-corrected chi connectivity index (χ1v) is 9.99. The molecule has 0 saturated carbocycles. The van der Waals surface area contributed by atoms with Crippen molar-refractivity contribution in [3.05, 3.63) is 63.9 Å². The molecular weight excluding hydrogens is 420 g/mol. The van der Waals surface area contributed by atoms with E-state index in [0.29, 0.717) is 23.5 Å². The third-order valence-electron chi connectivity index (χ3n) is 5.16. The first-order chi connectivity index (χ1) is 15.4. The molecule has 1 aliphatic rings. The predicted octanol–water partition coefficient (Wildman–Crippen LogP) is 3.23. The fourth-order valence-corrected chi connectivity index (χ4v) is 3.71. The number of allylic oxidation sites excluding steroid dienone is 1. The standard InChI is InChI=1S/C22H24N2O8/c1-4-31-22(26)20(14-6-8-16(29-2)18(12-14)30-3)13-5-7-15(11-13)23-21(25)17-9-10-19(32-17)24(27)28/h5-10,12-13,15,20H,4,11H2,1-3H3,(H,23,25)/t13-,15+,20+/m1/s1. The molecule has 1 N–H and O–H groups in total. The van der Waals surface area contributed by atoms with E-state index in [9.17, 15) is 19.7 Å². The molecule has 3 atom stereocenters. The van der Waals surface area contributed by atoms with E-state index in [-0.39, 0.29) is 30.3 Å². The minimum absolute atomic E-state index is 0.157. The van der Waals surface area contributed by atoms with Gasteiger partial charge in [-0.3, -0.25) is 19.7 Å². The van der Waals surface area contributed by atoms with E-state index in [1.807, 2.05) is 6.08 Å². The van der Waals surface area contributed by atoms with Crippen LogP contribution in [-0.2, 0) is 9.53 Å². The molecule has 10 heteroatoms. The van der Waals surface area contributed by atoms with Crippen LogP contribution in [0.15, 0.2) is 46.9 Å². The highest BCUT2D eigenvalue weighted by molar-refractivity contribution is 5.92. The Morgan fingerprint density at radius 2 is 1.94 bits per heavy atom. The highest BCUT2D eigenvalue weighted by Crippen LogP contribution is 2.38. The van der Waals surface area contributed by atoms with Gasteiger partial charge in [-0.05, 0) is 43.0 Å². The van der Waals surface area contributed by atoms with E-state index in [2.05, 4.69) is 5.32 Å². The van der Waals surface area contributed by atoms with Crippen LogP contribution < -0.4 is 14.8 Å². The second-order valence-corrected chi connectivity index (χ2v) is 7.10. The molecule has 1 heterocycles.